The predicted molar refractivity (Wildman–Crippen MR) is 127 cm³/mol. The predicted octanol–water partition coefficient (Wildman–Crippen LogP) is 4.94. The zero-order valence-corrected chi connectivity index (χ0v) is 18.8. The first-order valence-electron chi connectivity index (χ1n) is 9.47. The SMILES string of the molecule is O=C(CSc1nnc(-c2ccccc2)n1-c1ccccc1)N/N=C/c1ccc(Br)cc1. The molecule has 0 bridgehead atoms. The van der Waals surface area contributed by atoms with Crippen LogP contribution in [-0.2, 0) is 4.79 Å². The molecule has 4 aromatic rings. The molecule has 0 aliphatic carbocycles. The van der Waals surface area contributed by atoms with Crippen molar-refractivity contribution >= 4 is 39.8 Å². The van der Waals surface area contributed by atoms with E-state index in [1.54, 1.807) is 6.21 Å². The smallest absolute Gasteiger partial charge is 0.250 e. The molecule has 3 aromatic carbocycles. The van der Waals surface area contributed by atoms with Crippen LogP contribution in [0.2, 0.25) is 0 Å². The van der Waals surface area contributed by atoms with E-state index in [-0.39, 0.29) is 11.7 Å². The summed E-state index contributed by atoms with van der Waals surface area (Å²) in [7, 11) is 0. The molecule has 1 N–H and O–H groups in total. The summed E-state index contributed by atoms with van der Waals surface area (Å²) in [6, 6.07) is 27.4. The lowest BCUT2D eigenvalue weighted by atomic mass is 10.2. The van der Waals surface area contributed by atoms with Crippen molar-refractivity contribution in [1.29, 1.82) is 0 Å². The van der Waals surface area contributed by atoms with Crippen LogP contribution < -0.4 is 5.43 Å². The number of amides is 1. The first-order chi connectivity index (χ1) is 15.2. The Morgan fingerprint density at radius 3 is 2.35 bits per heavy atom. The van der Waals surface area contributed by atoms with Gasteiger partial charge in [-0.15, -0.1) is 10.2 Å². The molecule has 8 heteroatoms. The first kappa shape index (κ1) is 21.0. The maximum Gasteiger partial charge on any atom is 0.250 e. The summed E-state index contributed by atoms with van der Waals surface area (Å²) < 4.78 is 2.95. The van der Waals surface area contributed by atoms with E-state index >= 15 is 0 Å². The Balaban J connectivity index is 1.47. The summed E-state index contributed by atoms with van der Waals surface area (Å²) in [6.07, 6.45) is 1.61. The van der Waals surface area contributed by atoms with E-state index in [0.29, 0.717) is 5.16 Å². The van der Waals surface area contributed by atoms with Crippen molar-refractivity contribution in [3.63, 3.8) is 0 Å². The number of aromatic nitrogens is 3. The average molecular weight is 492 g/mol. The Morgan fingerprint density at radius 1 is 0.968 bits per heavy atom. The number of hydrazone groups is 1. The van der Waals surface area contributed by atoms with Crippen LogP contribution in [0.1, 0.15) is 5.56 Å². The molecule has 0 aliphatic heterocycles. The van der Waals surface area contributed by atoms with E-state index in [9.17, 15) is 4.79 Å². The number of carbonyl (C=O) groups is 1. The number of rotatable bonds is 7. The lowest BCUT2D eigenvalue weighted by molar-refractivity contribution is -0.118. The summed E-state index contributed by atoms with van der Waals surface area (Å²) in [5.74, 6) is 0.669. The standard InChI is InChI=1S/C23H18BrN5OS/c24-19-13-11-17(12-14-19)15-25-26-21(30)16-31-23-28-27-22(18-7-3-1-4-8-18)29(23)20-9-5-2-6-10-20/h1-15H,16H2,(H,26,30)/b25-15+. The van der Waals surface area contributed by atoms with E-state index < -0.39 is 0 Å². The van der Waals surface area contributed by atoms with E-state index in [4.69, 9.17) is 0 Å². The summed E-state index contributed by atoms with van der Waals surface area (Å²) in [4.78, 5) is 12.3. The van der Waals surface area contributed by atoms with Crippen LogP contribution in [0, 0.1) is 0 Å². The van der Waals surface area contributed by atoms with Crippen molar-refractivity contribution in [3.05, 3.63) is 95.0 Å². The summed E-state index contributed by atoms with van der Waals surface area (Å²) >= 11 is 4.70. The molecule has 31 heavy (non-hydrogen) atoms. The highest BCUT2D eigenvalue weighted by Gasteiger charge is 2.16. The minimum absolute atomic E-state index is 0.164. The Hall–Kier alpha value is -3.23. The van der Waals surface area contributed by atoms with Crippen LogP contribution in [0.15, 0.2) is 99.7 Å². The third-order valence-corrected chi connectivity index (χ3v) is 5.74. The number of halogens is 1. The van der Waals surface area contributed by atoms with Crippen molar-refractivity contribution in [3.8, 4) is 17.1 Å². The largest absolute Gasteiger partial charge is 0.272 e. The Labute approximate surface area is 192 Å². The molecule has 0 saturated heterocycles. The van der Waals surface area contributed by atoms with Gasteiger partial charge in [-0.2, -0.15) is 5.10 Å². The minimum atomic E-state index is -0.220. The lowest BCUT2D eigenvalue weighted by Gasteiger charge is -2.10. The molecular weight excluding hydrogens is 474 g/mol. The van der Waals surface area contributed by atoms with Crippen LogP contribution in [0.4, 0.5) is 0 Å². The summed E-state index contributed by atoms with van der Waals surface area (Å²) in [5, 5.41) is 13.4. The van der Waals surface area contributed by atoms with Crippen molar-refractivity contribution < 1.29 is 4.79 Å². The number of hydrogen-bond donors (Lipinski definition) is 1. The van der Waals surface area contributed by atoms with Gasteiger partial charge in [0.2, 0.25) is 0 Å². The van der Waals surface area contributed by atoms with Crippen LogP contribution in [-0.4, -0.2) is 32.6 Å². The number of para-hydroxylation sites is 1. The van der Waals surface area contributed by atoms with Gasteiger partial charge in [-0.1, -0.05) is 88.4 Å². The Kier molecular flexibility index (Phi) is 6.91. The second kappa shape index (κ2) is 10.2. The topological polar surface area (TPSA) is 72.2 Å². The number of hydrogen-bond acceptors (Lipinski definition) is 5. The van der Waals surface area contributed by atoms with Gasteiger partial charge in [0.05, 0.1) is 12.0 Å². The zero-order chi connectivity index (χ0) is 21.5. The van der Waals surface area contributed by atoms with Crippen molar-refractivity contribution in [2.45, 2.75) is 5.16 Å². The van der Waals surface area contributed by atoms with Crippen LogP contribution >= 0.6 is 27.7 Å². The Bertz CT molecular complexity index is 1180. The highest BCUT2D eigenvalue weighted by atomic mass is 79.9. The van der Waals surface area contributed by atoms with Crippen LogP contribution in [0.3, 0.4) is 0 Å². The number of nitrogens with zero attached hydrogens (tertiary/aromatic N) is 4. The Morgan fingerprint density at radius 2 is 1.65 bits per heavy atom. The maximum atomic E-state index is 12.3. The molecule has 0 atom stereocenters. The van der Waals surface area contributed by atoms with Gasteiger partial charge in [0, 0.05) is 15.7 Å². The number of benzene rings is 3. The monoisotopic (exact) mass is 491 g/mol. The fraction of sp³-hybridized carbons (Fsp3) is 0.0435. The maximum absolute atomic E-state index is 12.3. The second-order valence-electron chi connectivity index (χ2n) is 6.48. The van der Waals surface area contributed by atoms with Gasteiger partial charge in [0.25, 0.3) is 5.91 Å². The number of nitrogens with one attached hydrogen (secondary N) is 1. The summed E-state index contributed by atoms with van der Waals surface area (Å²) in [5.41, 5.74) is 5.34. The molecule has 6 nitrogen and oxygen atoms in total. The first-order valence-corrected chi connectivity index (χ1v) is 11.2. The van der Waals surface area contributed by atoms with Gasteiger partial charge >= 0.3 is 0 Å². The van der Waals surface area contributed by atoms with Crippen LogP contribution in [0.5, 0.6) is 0 Å². The van der Waals surface area contributed by atoms with E-state index in [2.05, 4.69) is 36.7 Å². The zero-order valence-electron chi connectivity index (χ0n) is 16.4. The number of thioether (sulfide) groups is 1. The third-order valence-electron chi connectivity index (χ3n) is 4.28. The molecule has 154 valence electrons. The molecule has 0 saturated carbocycles. The molecule has 1 aromatic heterocycles. The molecule has 1 amide bonds. The minimum Gasteiger partial charge on any atom is -0.272 e. The molecule has 0 fully saturated rings. The van der Waals surface area contributed by atoms with Gasteiger partial charge in [-0.05, 0) is 29.8 Å². The molecule has 0 radical (unpaired) electrons. The van der Waals surface area contributed by atoms with Gasteiger partial charge in [-0.3, -0.25) is 9.36 Å². The molecular formula is C23H18BrN5OS. The summed E-state index contributed by atoms with van der Waals surface area (Å²) in [6.45, 7) is 0. The third kappa shape index (κ3) is 5.48. The highest BCUT2D eigenvalue weighted by Crippen LogP contribution is 2.27. The molecule has 1 heterocycles. The fourth-order valence-electron chi connectivity index (χ4n) is 2.84. The average Bonchev–Trinajstić information content (AvgIpc) is 3.24. The van der Waals surface area contributed by atoms with Gasteiger partial charge < -0.3 is 0 Å². The van der Waals surface area contributed by atoms with Gasteiger partial charge in [-0.25, -0.2) is 5.43 Å². The molecule has 4 rings (SSSR count). The van der Waals surface area contributed by atoms with Crippen molar-refractivity contribution in [1.82, 2.24) is 20.2 Å². The van der Waals surface area contributed by atoms with Crippen LogP contribution in [0.25, 0.3) is 17.1 Å². The van der Waals surface area contributed by atoms with Crippen molar-refractivity contribution in [2.75, 3.05) is 5.75 Å². The molecule has 0 unspecified atom stereocenters. The van der Waals surface area contributed by atoms with Gasteiger partial charge in [0.15, 0.2) is 11.0 Å². The molecule has 0 aliphatic rings. The fourth-order valence-corrected chi connectivity index (χ4v) is 3.85. The molecule has 0 spiro atoms. The van der Waals surface area contributed by atoms with E-state index in [1.807, 2.05) is 89.5 Å². The van der Waals surface area contributed by atoms with Gasteiger partial charge in [0.1, 0.15) is 0 Å². The van der Waals surface area contributed by atoms with Crippen molar-refractivity contribution in [2.24, 2.45) is 5.10 Å². The lowest BCUT2D eigenvalue weighted by Crippen LogP contribution is -2.20. The number of carbonyl (C=O) groups excluding carboxylic acids is 1. The normalized spacial score (nSPS) is 11.0. The van der Waals surface area contributed by atoms with E-state index in [1.165, 1.54) is 11.8 Å². The quantitative estimate of drug-likeness (QED) is 0.225. The second-order valence-corrected chi connectivity index (χ2v) is 8.33. The highest BCUT2D eigenvalue weighted by molar-refractivity contribution is 9.10. The van der Waals surface area contributed by atoms with E-state index in [0.717, 1.165) is 27.1 Å².